The molecule has 0 amide bonds. The molecular weight excluding hydrogens is 202 g/mol. The van der Waals surface area contributed by atoms with Crippen LogP contribution in [0.4, 0.5) is 0 Å². The van der Waals surface area contributed by atoms with Crippen LogP contribution in [0.3, 0.4) is 0 Å². The summed E-state index contributed by atoms with van der Waals surface area (Å²) in [5, 5.41) is 1.68. The molecule has 5 heteroatoms. The fourth-order valence-corrected chi connectivity index (χ4v) is 3.09. The molecule has 4 nitrogen and oxygen atoms in total. The summed E-state index contributed by atoms with van der Waals surface area (Å²) in [5.41, 5.74) is 0. The maximum absolute atomic E-state index is 10.5. The van der Waals surface area contributed by atoms with E-state index in [4.69, 9.17) is 4.28 Å². The van der Waals surface area contributed by atoms with Gasteiger partial charge >= 0.3 is 0 Å². The minimum Gasteiger partial charge on any atom is -0.748 e. The van der Waals surface area contributed by atoms with E-state index in [0.29, 0.717) is 12.0 Å². The number of fused-ring (bicyclic) bond motifs is 1. The van der Waals surface area contributed by atoms with E-state index in [1.54, 1.807) is 5.06 Å². The Kier molecular flexibility index (Phi) is 3.54. The number of nitrogens with zero attached hydrogens (tertiary/aromatic N) is 1. The topological polar surface area (TPSA) is 52.6 Å². The van der Waals surface area contributed by atoms with Crippen LogP contribution in [0.5, 0.6) is 0 Å². The van der Waals surface area contributed by atoms with Gasteiger partial charge in [0.15, 0.2) is 0 Å². The average molecular weight is 218 g/mol. The van der Waals surface area contributed by atoms with Gasteiger partial charge in [-0.1, -0.05) is 12.8 Å². The first-order valence-electron chi connectivity index (χ1n) is 5.32. The Labute approximate surface area is 87.1 Å². The van der Waals surface area contributed by atoms with Gasteiger partial charge in [-0.3, -0.25) is 0 Å². The third kappa shape index (κ3) is 2.34. The van der Waals surface area contributed by atoms with Crippen LogP contribution in [-0.4, -0.2) is 26.4 Å². The van der Waals surface area contributed by atoms with Crippen LogP contribution in [0, 0.1) is 5.92 Å². The molecule has 0 radical (unpaired) electrons. The second-order valence-corrected chi connectivity index (χ2v) is 4.73. The Bertz CT molecular complexity index is 222. The van der Waals surface area contributed by atoms with Crippen molar-refractivity contribution < 1.29 is 13.0 Å². The highest BCUT2D eigenvalue weighted by Crippen LogP contribution is 2.35. The SMILES string of the molecule is O=S([O-])ON1CCCC2CCCCC21. The lowest BCUT2D eigenvalue weighted by molar-refractivity contribution is -0.137. The van der Waals surface area contributed by atoms with Gasteiger partial charge in [0.2, 0.25) is 0 Å². The molecule has 0 spiro atoms. The van der Waals surface area contributed by atoms with Crippen molar-refractivity contribution in [2.24, 2.45) is 5.92 Å². The van der Waals surface area contributed by atoms with Crippen LogP contribution in [0.2, 0.25) is 0 Å². The first kappa shape index (κ1) is 10.5. The van der Waals surface area contributed by atoms with Crippen molar-refractivity contribution in [2.45, 2.75) is 44.6 Å². The Morgan fingerprint density at radius 1 is 1.21 bits per heavy atom. The van der Waals surface area contributed by atoms with Gasteiger partial charge in [0.05, 0.1) is 0 Å². The van der Waals surface area contributed by atoms with E-state index in [9.17, 15) is 8.76 Å². The molecule has 14 heavy (non-hydrogen) atoms. The van der Waals surface area contributed by atoms with Crippen LogP contribution < -0.4 is 0 Å². The molecule has 0 bridgehead atoms. The number of piperidine rings is 1. The molecule has 1 heterocycles. The largest absolute Gasteiger partial charge is 0.748 e. The van der Waals surface area contributed by atoms with Crippen molar-refractivity contribution in [3.05, 3.63) is 0 Å². The van der Waals surface area contributed by atoms with Crippen LogP contribution in [0.1, 0.15) is 38.5 Å². The van der Waals surface area contributed by atoms with E-state index in [1.807, 2.05) is 0 Å². The molecule has 0 aromatic rings. The van der Waals surface area contributed by atoms with Crippen LogP contribution >= 0.6 is 0 Å². The van der Waals surface area contributed by atoms with Crippen molar-refractivity contribution in [3.63, 3.8) is 0 Å². The number of hydrogen-bond acceptors (Lipinski definition) is 4. The zero-order valence-electron chi connectivity index (χ0n) is 8.18. The first-order valence-corrected chi connectivity index (χ1v) is 6.32. The molecule has 1 aliphatic carbocycles. The lowest BCUT2D eigenvalue weighted by Crippen LogP contribution is -2.46. The highest BCUT2D eigenvalue weighted by Gasteiger charge is 2.34. The monoisotopic (exact) mass is 218 g/mol. The van der Waals surface area contributed by atoms with E-state index in [2.05, 4.69) is 0 Å². The second-order valence-electron chi connectivity index (χ2n) is 4.17. The van der Waals surface area contributed by atoms with E-state index in [0.717, 1.165) is 19.4 Å². The highest BCUT2D eigenvalue weighted by molar-refractivity contribution is 7.74. The molecule has 0 aromatic heterocycles. The van der Waals surface area contributed by atoms with Crippen molar-refractivity contribution in [1.29, 1.82) is 0 Å². The highest BCUT2D eigenvalue weighted by atomic mass is 32.2. The maximum atomic E-state index is 10.5. The summed E-state index contributed by atoms with van der Waals surface area (Å²) >= 11 is -2.40. The van der Waals surface area contributed by atoms with Crippen LogP contribution in [0.15, 0.2) is 0 Å². The fourth-order valence-electron chi connectivity index (χ4n) is 2.75. The summed E-state index contributed by atoms with van der Waals surface area (Å²) in [4.78, 5) is 0. The molecule has 2 fully saturated rings. The molecule has 1 aliphatic heterocycles. The van der Waals surface area contributed by atoms with Gasteiger partial charge in [0.1, 0.15) is 11.4 Å². The standard InChI is InChI=1S/C9H17NO3S/c11-14(12)13-10-7-3-5-8-4-1-2-6-9(8)10/h8-9H,1-7H2,(H,11,12)/p-1. The predicted octanol–water partition coefficient (Wildman–Crippen LogP) is 1.37. The summed E-state index contributed by atoms with van der Waals surface area (Å²) in [7, 11) is 0. The predicted molar refractivity (Wildman–Crippen MR) is 51.7 cm³/mol. The third-order valence-corrected chi connectivity index (χ3v) is 3.66. The zero-order chi connectivity index (χ0) is 9.97. The van der Waals surface area contributed by atoms with Crippen LogP contribution in [0.25, 0.3) is 0 Å². The molecule has 0 N–H and O–H groups in total. The van der Waals surface area contributed by atoms with Gasteiger partial charge in [0.25, 0.3) is 0 Å². The Morgan fingerprint density at radius 2 is 1.93 bits per heavy atom. The second kappa shape index (κ2) is 4.70. The van der Waals surface area contributed by atoms with Crippen molar-refractivity contribution in [3.8, 4) is 0 Å². The van der Waals surface area contributed by atoms with E-state index in [-0.39, 0.29) is 0 Å². The van der Waals surface area contributed by atoms with Gasteiger partial charge in [-0.2, -0.15) is 5.06 Å². The molecule has 3 atom stereocenters. The summed E-state index contributed by atoms with van der Waals surface area (Å²) in [6, 6.07) is 0.343. The molecule has 1 saturated carbocycles. The maximum Gasteiger partial charge on any atom is 0.106 e. The number of hydrogen-bond donors (Lipinski definition) is 0. The van der Waals surface area contributed by atoms with Crippen molar-refractivity contribution in [1.82, 2.24) is 5.06 Å². The third-order valence-electron chi connectivity index (χ3n) is 3.35. The van der Waals surface area contributed by atoms with Gasteiger partial charge < -0.3 is 4.55 Å². The van der Waals surface area contributed by atoms with E-state index < -0.39 is 11.4 Å². The first-order chi connectivity index (χ1) is 6.77. The summed E-state index contributed by atoms with van der Waals surface area (Å²) in [6.07, 6.45) is 7.09. The summed E-state index contributed by atoms with van der Waals surface area (Å²) < 4.78 is 25.8. The van der Waals surface area contributed by atoms with E-state index >= 15 is 0 Å². The molecule has 0 aromatic carbocycles. The quantitative estimate of drug-likeness (QED) is 0.657. The molecule has 2 rings (SSSR count). The molecule has 82 valence electrons. The van der Waals surface area contributed by atoms with Crippen molar-refractivity contribution >= 4 is 11.4 Å². The Balaban J connectivity index is 1.97. The normalized spacial score (nSPS) is 36.4. The lowest BCUT2D eigenvalue weighted by Gasteiger charge is -2.42. The Hall–Kier alpha value is 0.0300. The minimum absolute atomic E-state index is 0.343. The lowest BCUT2D eigenvalue weighted by atomic mass is 9.79. The molecule has 3 unspecified atom stereocenters. The van der Waals surface area contributed by atoms with E-state index in [1.165, 1.54) is 25.7 Å². The van der Waals surface area contributed by atoms with Gasteiger partial charge in [0, 0.05) is 12.6 Å². The number of rotatable bonds is 2. The summed E-state index contributed by atoms with van der Waals surface area (Å²) in [6.45, 7) is 0.759. The molecular formula is C9H16NO3S-. The van der Waals surface area contributed by atoms with Crippen molar-refractivity contribution in [2.75, 3.05) is 6.54 Å². The molecule has 2 aliphatic rings. The van der Waals surface area contributed by atoms with Gasteiger partial charge in [-0.15, -0.1) is 0 Å². The van der Waals surface area contributed by atoms with Gasteiger partial charge in [-0.25, -0.2) is 8.49 Å². The fraction of sp³-hybridized carbons (Fsp3) is 1.00. The molecule has 1 saturated heterocycles. The number of hydroxylamine groups is 2. The minimum atomic E-state index is -2.40. The summed E-state index contributed by atoms with van der Waals surface area (Å²) in [5.74, 6) is 0.654. The van der Waals surface area contributed by atoms with Crippen LogP contribution in [-0.2, 0) is 15.6 Å². The van der Waals surface area contributed by atoms with Gasteiger partial charge in [-0.05, 0) is 31.6 Å². The average Bonchev–Trinajstić information content (AvgIpc) is 2.18. The zero-order valence-corrected chi connectivity index (χ0v) is 9.00. The Morgan fingerprint density at radius 3 is 2.71 bits per heavy atom. The smallest absolute Gasteiger partial charge is 0.106 e.